The van der Waals surface area contributed by atoms with E-state index in [0.29, 0.717) is 0 Å². The maximum absolute atomic E-state index is 12.6. The molecule has 0 N–H and O–H groups in total. The maximum Gasteiger partial charge on any atom is 0.378 e. The molecule has 0 aliphatic carbocycles. The molecule has 0 fully saturated rings. The van der Waals surface area contributed by atoms with Crippen LogP contribution in [0.2, 0.25) is 0 Å². The van der Waals surface area contributed by atoms with Gasteiger partial charge in [0.25, 0.3) is 0 Å². The first-order valence-corrected chi connectivity index (χ1v) is 4.79. The molecule has 16 heavy (non-hydrogen) atoms. The van der Waals surface area contributed by atoms with Crippen LogP contribution in [0.3, 0.4) is 0 Å². The zero-order valence-electron chi connectivity index (χ0n) is 9.08. The van der Waals surface area contributed by atoms with Gasteiger partial charge in [0, 0.05) is 7.11 Å². The maximum atomic E-state index is 12.6. The first-order valence-electron chi connectivity index (χ1n) is 4.79. The lowest BCUT2D eigenvalue weighted by atomic mass is 10.1. The van der Waals surface area contributed by atoms with E-state index in [0.717, 1.165) is 18.2 Å². The van der Waals surface area contributed by atoms with Gasteiger partial charge in [0.2, 0.25) is 0 Å². The van der Waals surface area contributed by atoms with Crippen LogP contribution in [0.15, 0.2) is 30.8 Å². The Morgan fingerprint density at radius 2 is 1.94 bits per heavy atom. The summed E-state index contributed by atoms with van der Waals surface area (Å²) in [5.41, 5.74) is 1.81. The van der Waals surface area contributed by atoms with Gasteiger partial charge >= 0.3 is 6.11 Å². The molecule has 0 aromatic heterocycles. The number of alkyl halides is 2. The number of benzene rings is 1. The predicted octanol–water partition coefficient (Wildman–Crippen LogP) is 3.09. The van der Waals surface area contributed by atoms with Crippen LogP contribution in [0, 0.1) is 0 Å². The van der Waals surface area contributed by atoms with Crippen LogP contribution in [-0.4, -0.2) is 19.8 Å². The quantitative estimate of drug-likeness (QED) is 0.744. The highest BCUT2D eigenvalue weighted by Crippen LogP contribution is 2.15. The summed E-state index contributed by atoms with van der Waals surface area (Å²) in [6, 6.07) is 7.31. The Morgan fingerprint density at radius 3 is 2.44 bits per heavy atom. The van der Waals surface area contributed by atoms with Gasteiger partial charge in [-0.1, -0.05) is 36.9 Å². The standard InChI is InChI=1S/C12H14F2O2/c1-3-10-4-6-11(7-5-10)8-16-9-12(13,14)15-2/h3-7H,1,8-9H2,2H3. The lowest BCUT2D eigenvalue weighted by Crippen LogP contribution is -2.25. The third-order valence-electron chi connectivity index (χ3n) is 2.05. The molecule has 0 bridgehead atoms. The highest BCUT2D eigenvalue weighted by Gasteiger charge is 2.28. The Hall–Kier alpha value is -1.26. The Balaban J connectivity index is 2.40. The van der Waals surface area contributed by atoms with Crippen molar-refractivity contribution in [2.24, 2.45) is 0 Å². The van der Waals surface area contributed by atoms with Crippen LogP contribution >= 0.6 is 0 Å². The first kappa shape index (κ1) is 12.8. The van der Waals surface area contributed by atoms with Crippen molar-refractivity contribution in [2.75, 3.05) is 13.7 Å². The van der Waals surface area contributed by atoms with E-state index >= 15 is 0 Å². The molecule has 1 aromatic carbocycles. The van der Waals surface area contributed by atoms with Gasteiger partial charge in [-0.15, -0.1) is 0 Å². The molecule has 1 aromatic rings. The number of ether oxygens (including phenoxy) is 2. The third kappa shape index (κ3) is 4.08. The molecule has 0 heterocycles. The lowest BCUT2D eigenvalue weighted by molar-refractivity contribution is -0.251. The van der Waals surface area contributed by atoms with Gasteiger partial charge in [0.05, 0.1) is 6.61 Å². The van der Waals surface area contributed by atoms with Gasteiger partial charge < -0.3 is 9.47 Å². The van der Waals surface area contributed by atoms with Gasteiger partial charge in [-0.25, -0.2) is 0 Å². The van der Waals surface area contributed by atoms with Crippen molar-refractivity contribution in [3.05, 3.63) is 42.0 Å². The minimum atomic E-state index is -3.22. The first-order chi connectivity index (χ1) is 7.57. The van der Waals surface area contributed by atoms with Gasteiger partial charge in [-0.2, -0.15) is 8.78 Å². The van der Waals surface area contributed by atoms with Crippen molar-refractivity contribution in [2.45, 2.75) is 12.7 Å². The average molecular weight is 228 g/mol. The van der Waals surface area contributed by atoms with Crippen LogP contribution in [0.1, 0.15) is 11.1 Å². The van der Waals surface area contributed by atoms with E-state index in [4.69, 9.17) is 4.74 Å². The Morgan fingerprint density at radius 1 is 1.31 bits per heavy atom. The van der Waals surface area contributed by atoms with Crippen LogP contribution in [0.25, 0.3) is 6.08 Å². The second-order valence-electron chi connectivity index (χ2n) is 3.28. The van der Waals surface area contributed by atoms with Crippen LogP contribution in [0.5, 0.6) is 0 Å². The Kier molecular flexibility index (Phi) is 4.58. The largest absolute Gasteiger partial charge is 0.378 e. The number of rotatable bonds is 6. The molecule has 0 aliphatic rings. The van der Waals surface area contributed by atoms with E-state index in [1.807, 2.05) is 24.3 Å². The van der Waals surface area contributed by atoms with Gasteiger partial charge in [0.15, 0.2) is 0 Å². The van der Waals surface area contributed by atoms with Crippen molar-refractivity contribution in [3.8, 4) is 0 Å². The second kappa shape index (κ2) is 5.72. The SMILES string of the molecule is C=Cc1ccc(COCC(F)(F)OC)cc1. The summed E-state index contributed by atoms with van der Waals surface area (Å²) in [6.45, 7) is 3.01. The van der Waals surface area contributed by atoms with Crippen LogP contribution in [-0.2, 0) is 16.1 Å². The molecule has 88 valence electrons. The van der Waals surface area contributed by atoms with E-state index in [-0.39, 0.29) is 6.61 Å². The van der Waals surface area contributed by atoms with Gasteiger partial charge in [-0.05, 0) is 11.1 Å². The van der Waals surface area contributed by atoms with Crippen molar-refractivity contribution in [1.82, 2.24) is 0 Å². The fourth-order valence-corrected chi connectivity index (χ4v) is 1.10. The van der Waals surface area contributed by atoms with E-state index < -0.39 is 12.7 Å². The normalized spacial score (nSPS) is 11.4. The van der Waals surface area contributed by atoms with Crippen molar-refractivity contribution >= 4 is 6.08 Å². The highest BCUT2D eigenvalue weighted by molar-refractivity contribution is 5.47. The Labute approximate surface area is 93.5 Å². The topological polar surface area (TPSA) is 18.5 Å². The lowest BCUT2D eigenvalue weighted by Gasteiger charge is -2.13. The molecule has 4 heteroatoms. The molecule has 0 atom stereocenters. The summed E-state index contributed by atoms with van der Waals surface area (Å²) in [4.78, 5) is 0. The fraction of sp³-hybridized carbons (Fsp3) is 0.333. The monoisotopic (exact) mass is 228 g/mol. The van der Waals surface area contributed by atoms with E-state index in [1.54, 1.807) is 6.08 Å². The zero-order valence-corrected chi connectivity index (χ0v) is 9.08. The summed E-state index contributed by atoms with van der Waals surface area (Å²) in [7, 11) is 0.947. The predicted molar refractivity (Wildman–Crippen MR) is 58.1 cm³/mol. The minimum Gasteiger partial charge on any atom is -0.368 e. The minimum absolute atomic E-state index is 0.135. The number of halogens is 2. The molecule has 1 rings (SSSR count). The Bertz CT molecular complexity index is 333. The summed E-state index contributed by atoms with van der Waals surface area (Å²) in [6.07, 6.45) is -1.51. The molecule has 0 saturated heterocycles. The van der Waals surface area contributed by atoms with Crippen molar-refractivity contribution in [3.63, 3.8) is 0 Å². The number of methoxy groups -OCH3 is 1. The van der Waals surface area contributed by atoms with E-state index in [9.17, 15) is 8.78 Å². The van der Waals surface area contributed by atoms with E-state index in [1.165, 1.54) is 0 Å². The van der Waals surface area contributed by atoms with E-state index in [2.05, 4.69) is 11.3 Å². The molecular formula is C12H14F2O2. The number of hydrogen-bond donors (Lipinski definition) is 0. The van der Waals surface area contributed by atoms with Crippen molar-refractivity contribution < 1.29 is 18.3 Å². The highest BCUT2D eigenvalue weighted by atomic mass is 19.3. The second-order valence-corrected chi connectivity index (χ2v) is 3.28. The van der Waals surface area contributed by atoms with Crippen molar-refractivity contribution in [1.29, 1.82) is 0 Å². The molecular weight excluding hydrogens is 214 g/mol. The van der Waals surface area contributed by atoms with Crippen LogP contribution in [0.4, 0.5) is 8.78 Å². The zero-order chi connectivity index (χ0) is 12.0. The molecule has 2 nitrogen and oxygen atoms in total. The smallest absolute Gasteiger partial charge is 0.368 e. The fourth-order valence-electron chi connectivity index (χ4n) is 1.10. The summed E-state index contributed by atoms with van der Waals surface area (Å²) >= 11 is 0. The molecule has 0 saturated carbocycles. The molecule has 0 radical (unpaired) electrons. The average Bonchev–Trinajstić information content (AvgIpc) is 2.30. The summed E-state index contributed by atoms with van der Waals surface area (Å²) < 4.78 is 34.0. The molecule has 0 aliphatic heterocycles. The summed E-state index contributed by atoms with van der Waals surface area (Å²) in [5, 5.41) is 0. The molecule has 0 spiro atoms. The number of hydrogen-bond acceptors (Lipinski definition) is 2. The molecule has 0 unspecified atom stereocenters. The molecule has 0 amide bonds. The van der Waals surface area contributed by atoms with Gasteiger partial charge in [0.1, 0.15) is 6.61 Å². The van der Waals surface area contributed by atoms with Crippen LogP contribution < -0.4 is 0 Å². The third-order valence-corrected chi connectivity index (χ3v) is 2.05. The summed E-state index contributed by atoms with van der Waals surface area (Å²) in [5.74, 6) is 0. The van der Waals surface area contributed by atoms with Gasteiger partial charge in [-0.3, -0.25) is 0 Å².